The molecule has 1 heterocycles. The summed E-state index contributed by atoms with van der Waals surface area (Å²) < 4.78 is 0. The largest absolute Gasteiger partial charge is 0.260 e. The van der Waals surface area contributed by atoms with E-state index in [0.29, 0.717) is 5.92 Å². The Morgan fingerprint density at radius 2 is 1.81 bits per heavy atom. The van der Waals surface area contributed by atoms with Gasteiger partial charge in [-0.2, -0.15) is 0 Å². The van der Waals surface area contributed by atoms with Gasteiger partial charge in [0, 0.05) is 12.1 Å². The topological polar surface area (TPSA) is 12.4 Å². The molecule has 0 aromatic carbocycles. The van der Waals surface area contributed by atoms with Crippen LogP contribution in [0.4, 0.5) is 0 Å². The van der Waals surface area contributed by atoms with Gasteiger partial charge in [0.05, 0.1) is 13.8 Å². The molecule has 0 aromatic heterocycles. The highest BCUT2D eigenvalue weighted by Gasteiger charge is 2.37. The molecule has 1 saturated carbocycles. The van der Waals surface area contributed by atoms with Gasteiger partial charge in [0.2, 0.25) is 0 Å². The lowest BCUT2D eigenvalue weighted by Crippen LogP contribution is -2.33. The smallest absolute Gasteiger partial charge is 0.0775 e. The summed E-state index contributed by atoms with van der Waals surface area (Å²) in [5.74, 6) is 1.24. The van der Waals surface area contributed by atoms with E-state index in [2.05, 4.69) is 70.9 Å². The average molecular weight is 444 g/mol. The molecule has 1 nitrogen and oxygen atoms in total. The van der Waals surface area contributed by atoms with Crippen LogP contribution in [0.3, 0.4) is 0 Å². The zero-order valence-electron chi connectivity index (χ0n) is 21.1. The number of nitrogens with zero attached hydrogens (tertiary/aromatic N) is 1. The molecule has 5 rings (SSSR count). The predicted octanol–water partition coefficient (Wildman–Crippen LogP) is 8.66. The Morgan fingerprint density at radius 3 is 2.56 bits per heavy atom. The second-order valence-corrected chi connectivity index (χ2v) is 17.7. The first-order valence-corrected chi connectivity index (χ1v) is 16.5. The van der Waals surface area contributed by atoms with Crippen molar-refractivity contribution in [1.82, 2.24) is 0 Å². The number of hydrogen-bond donors (Lipinski definition) is 0. The standard InChI is InChI=1S/C30H41NSi/c1-30(2,3)23-12-14-24-21(18-23)11-13-27-26(24)15-16-31-29(27)22-17-20-9-7-8-10-25(20)28(19-22)32(4,5)6/h11,15-16,18-20,27H,7-10,12-14,17H2,1-6H3. The molecule has 1 aliphatic heterocycles. The van der Waals surface area contributed by atoms with Gasteiger partial charge in [0.25, 0.3) is 0 Å². The third-order valence-electron chi connectivity index (χ3n) is 8.39. The molecule has 0 N–H and O–H groups in total. The van der Waals surface area contributed by atoms with Gasteiger partial charge in [-0.3, -0.25) is 4.99 Å². The van der Waals surface area contributed by atoms with E-state index in [-0.39, 0.29) is 5.41 Å². The van der Waals surface area contributed by atoms with Crippen molar-refractivity contribution >= 4 is 13.8 Å². The molecular weight excluding hydrogens is 402 g/mol. The van der Waals surface area contributed by atoms with Gasteiger partial charge in [-0.25, -0.2) is 0 Å². The fourth-order valence-electron chi connectivity index (χ4n) is 6.62. The van der Waals surface area contributed by atoms with E-state index in [0.717, 1.165) is 12.3 Å². The Balaban J connectivity index is 1.51. The molecule has 5 aliphatic rings. The van der Waals surface area contributed by atoms with Crippen LogP contribution in [-0.2, 0) is 0 Å². The molecule has 0 aromatic rings. The van der Waals surface area contributed by atoms with Crippen LogP contribution in [-0.4, -0.2) is 13.8 Å². The first kappa shape index (κ1) is 22.1. The van der Waals surface area contributed by atoms with Crippen LogP contribution in [0, 0.1) is 17.3 Å². The molecule has 2 heteroatoms. The molecule has 0 radical (unpaired) electrons. The summed E-state index contributed by atoms with van der Waals surface area (Å²) in [5.41, 5.74) is 11.3. The second kappa shape index (κ2) is 7.97. The Hall–Kier alpha value is -1.67. The van der Waals surface area contributed by atoms with Crippen molar-refractivity contribution in [3.05, 3.63) is 69.1 Å². The molecule has 0 spiro atoms. The molecule has 4 aliphatic carbocycles. The second-order valence-electron chi connectivity index (χ2n) is 12.6. The van der Waals surface area contributed by atoms with Crippen molar-refractivity contribution in [2.75, 3.05) is 0 Å². The normalized spacial score (nSPS) is 28.3. The van der Waals surface area contributed by atoms with Crippen LogP contribution in [0.2, 0.25) is 19.6 Å². The van der Waals surface area contributed by atoms with E-state index in [1.54, 1.807) is 27.5 Å². The summed E-state index contributed by atoms with van der Waals surface area (Å²) in [6.07, 6.45) is 22.3. The minimum Gasteiger partial charge on any atom is -0.260 e. The summed E-state index contributed by atoms with van der Waals surface area (Å²) in [5, 5.41) is 1.75. The Bertz CT molecular complexity index is 1040. The van der Waals surface area contributed by atoms with E-state index >= 15 is 0 Å². The Kier molecular flexibility index (Phi) is 5.52. The van der Waals surface area contributed by atoms with Crippen LogP contribution >= 0.6 is 0 Å². The van der Waals surface area contributed by atoms with Crippen molar-refractivity contribution in [3.8, 4) is 0 Å². The third kappa shape index (κ3) is 3.93. The molecule has 0 saturated heterocycles. The van der Waals surface area contributed by atoms with Gasteiger partial charge in [0.1, 0.15) is 0 Å². The zero-order chi connectivity index (χ0) is 22.7. The van der Waals surface area contributed by atoms with Crippen molar-refractivity contribution < 1.29 is 0 Å². The summed E-state index contributed by atoms with van der Waals surface area (Å²) in [6, 6.07) is 0. The van der Waals surface area contributed by atoms with Crippen molar-refractivity contribution in [3.63, 3.8) is 0 Å². The Morgan fingerprint density at radius 1 is 1.00 bits per heavy atom. The maximum Gasteiger partial charge on any atom is 0.0775 e. The van der Waals surface area contributed by atoms with Crippen molar-refractivity contribution in [2.24, 2.45) is 22.2 Å². The van der Waals surface area contributed by atoms with E-state index in [4.69, 9.17) is 4.99 Å². The summed E-state index contributed by atoms with van der Waals surface area (Å²) in [7, 11) is -1.37. The minimum atomic E-state index is -1.37. The number of allylic oxidation sites excluding steroid dienone is 11. The number of fused-ring (bicyclic) bond motifs is 3. The van der Waals surface area contributed by atoms with Crippen molar-refractivity contribution in [2.45, 2.75) is 91.8 Å². The quantitative estimate of drug-likeness (QED) is 0.379. The van der Waals surface area contributed by atoms with Crippen molar-refractivity contribution in [1.29, 1.82) is 0 Å². The lowest BCUT2D eigenvalue weighted by atomic mass is 9.69. The van der Waals surface area contributed by atoms with E-state index in [1.165, 1.54) is 56.2 Å². The minimum absolute atomic E-state index is 0.271. The maximum absolute atomic E-state index is 5.07. The van der Waals surface area contributed by atoms with Gasteiger partial charge in [-0.1, -0.05) is 81.4 Å². The summed E-state index contributed by atoms with van der Waals surface area (Å²) in [4.78, 5) is 5.07. The van der Waals surface area contributed by atoms with Gasteiger partial charge >= 0.3 is 0 Å². The first-order chi connectivity index (χ1) is 15.1. The summed E-state index contributed by atoms with van der Waals surface area (Å²) >= 11 is 0. The molecule has 1 fully saturated rings. The fraction of sp³-hybridized carbons (Fsp3) is 0.567. The molecule has 2 atom stereocenters. The highest BCUT2D eigenvalue weighted by molar-refractivity contribution is 6.84. The lowest BCUT2D eigenvalue weighted by Gasteiger charge is -2.39. The molecule has 0 bridgehead atoms. The highest BCUT2D eigenvalue weighted by Crippen LogP contribution is 2.47. The van der Waals surface area contributed by atoms with E-state index in [1.807, 2.05) is 5.57 Å². The third-order valence-corrected chi connectivity index (χ3v) is 10.5. The van der Waals surface area contributed by atoms with Crippen LogP contribution in [0.1, 0.15) is 72.1 Å². The number of aliphatic imine (C=N–C) groups is 1. The van der Waals surface area contributed by atoms with Gasteiger partial charge in [0.15, 0.2) is 0 Å². The first-order valence-electron chi connectivity index (χ1n) is 13.0. The number of hydrogen-bond acceptors (Lipinski definition) is 1. The zero-order valence-corrected chi connectivity index (χ0v) is 22.1. The maximum atomic E-state index is 5.07. The predicted molar refractivity (Wildman–Crippen MR) is 142 cm³/mol. The SMILES string of the molecule is CC(C)(C)C1=CC2=CCC3C(C4=CC([Si](C)(C)C)=C5CCCCC5C4)=NC=CC3=C2CC1. The monoisotopic (exact) mass is 443 g/mol. The highest BCUT2D eigenvalue weighted by atomic mass is 28.3. The van der Waals surface area contributed by atoms with Crippen LogP contribution < -0.4 is 0 Å². The molecular formula is C30H41NSi. The molecule has 32 heavy (non-hydrogen) atoms. The van der Waals surface area contributed by atoms with Gasteiger partial charge < -0.3 is 0 Å². The van der Waals surface area contributed by atoms with Crippen LogP contribution in [0.5, 0.6) is 0 Å². The van der Waals surface area contributed by atoms with Gasteiger partial charge in [-0.15, -0.1) is 0 Å². The summed E-state index contributed by atoms with van der Waals surface area (Å²) in [6.45, 7) is 14.7. The van der Waals surface area contributed by atoms with Crippen LogP contribution in [0.15, 0.2) is 74.1 Å². The van der Waals surface area contributed by atoms with Crippen LogP contribution in [0.25, 0.3) is 0 Å². The van der Waals surface area contributed by atoms with Gasteiger partial charge in [-0.05, 0) is 84.6 Å². The molecule has 2 unspecified atom stereocenters. The average Bonchev–Trinajstić information content (AvgIpc) is 2.76. The lowest BCUT2D eigenvalue weighted by molar-refractivity contribution is 0.446. The molecule has 170 valence electrons. The Labute approximate surface area is 196 Å². The number of rotatable bonds is 2. The molecule has 0 amide bonds. The van der Waals surface area contributed by atoms with E-state index < -0.39 is 8.07 Å². The van der Waals surface area contributed by atoms with E-state index in [9.17, 15) is 0 Å². The fourth-order valence-corrected chi connectivity index (χ4v) is 8.52.